The molecule has 0 aliphatic carbocycles. The van der Waals surface area contributed by atoms with Crippen molar-refractivity contribution in [3.05, 3.63) is 72.8 Å². The third-order valence-electron chi connectivity index (χ3n) is 4.18. The molecule has 146 valence electrons. The second kappa shape index (κ2) is 8.27. The largest absolute Gasteiger partial charge is 0.508 e. The van der Waals surface area contributed by atoms with Crippen LogP contribution in [0.15, 0.2) is 87.5 Å². The maximum absolute atomic E-state index is 12.6. The van der Waals surface area contributed by atoms with E-state index >= 15 is 0 Å². The normalized spacial score (nSPS) is 11.8. The Bertz CT molecular complexity index is 823. The first-order valence-corrected chi connectivity index (χ1v) is 10.4. The van der Waals surface area contributed by atoms with Crippen molar-refractivity contribution in [2.75, 3.05) is 0 Å². The van der Waals surface area contributed by atoms with E-state index in [-0.39, 0.29) is 29.6 Å². The Hall–Kier alpha value is -3.12. The van der Waals surface area contributed by atoms with Gasteiger partial charge in [0.15, 0.2) is 0 Å². The van der Waals surface area contributed by atoms with Crippen LogP contribution >= 0.6 is 10.3 Å². The molecule has 3 rings (SSSR count). The number of rotatable bonds is 6. The van der Waals surface area contributed by atoms with Crippen LogP contribution in [0.25, 0.3) is 0 Å². The Morgan fingerprint density at radius 2 is 1.04 bits per heavy atom. The summed E-state index contributed by atoms with van der Waals surface area (Å²) in [6, 6.07) is 19.6. The number of hydrogen-bond donors (Lipinski definition) is 3. The molecule has 0 bridgehead atoms. The zero-order valence-corrected chi connectivity index (χ0v) is 16.2. The fourth-order valence-electron chi connectivity index (χ4n) is 2.85. The molecule has 0 aliphatic heterocycles. The van der Waals surface area contributed by atoms with Crippen LogP contribution in [-0.2, 0) is 8.98 Å². The lowest BCUT2D eigenvalue weighted by Gasteiger charge is -2.39. The molecular formula is C22H22O5S. The van der Waals surface area contributed by atoms with Gasteiger partial charge in [-0.25, -0.2) is 0 Å². The van der Waals surface area contributed by atoms with Crippen LogP contribution in [0.5, 0.6) is 17.2 Å². The fourth-order valence-corrected chi connectivity index (χ4v) is 5.88. The summed E-state index contributed by atoms with van der Waals surface area (Å²) in [6.45, 7) is 1.90. The molecule has 0 fully saturated rings. The van der Waals surface area contributed by atoms with Gasteiger partial charge in [0.05, 0.1) is 0 Å². The maximum atomic E-state index is 12.6. The lowest BCUT2D eigenvalue weighted by atomic mass is 10.3. The van der Waals surface area contributed by atoms with Gasteiger partial charge in [0.1, 0.15) is 17.2 Å². The van der Waals surface area contributed by atoms with Gasteiger partial charge in [-0.1, -0.05) is 6.92 Å². The Morgan fingerprint density at radius 3 is 1.32 bits per heavy atom. The van der Waals surface area contributed by atoms with E-state index in [9.17, 15) is 20.1 Å². The molecule has 0 radical (unpaired) electrons. The Morgan fingerprint density at radius 1 is 0.714 bits per heavy atom. The Labute approximate surface area is 165 Å². The van der Waals surface area contributed by atoms with Gasteiger partial charge >= 0.3 is 5.97 Å². The molecular weight excluding hydrogens is 376 g/mol. The van der Waals surface area contributed by atoms with Crippen LogP contribution in [-0.4, -0.2) is 21.3 Å². The minimum absolute atomic E-state index is 0.105. The molecule has 3 N–H and O–H groups in total. The number of benzene rings is 3. The van der Waals surface area contributed by atoms with E-state index < -0.39 is 10.3 Å². The van der Waals surface area contributed by atoms with Gasteiger partial charge < -0.3 is 19.5 Å². The van der Waals surface area contributed by atoms with Crippen molar-refractivity contribution in [1.82, 2.24) is 0 Å². The van der Waals surface area contributed by atoms with E-state index in [1.807, 2.05) is 6.92 Å². The number of phenolic OH excluding ortho intramolecular Hbond substituents is 3. The van der Waals surface area contributed by atoms with E-state index in [1.54, 1.807) is 72.8 Å². The summed E-state index contributed by atoms with van der Waals surface area (Å²) in [6.07, 6.45) is 0.915. The molecule has 0 atom stereocenters. The quantitative estimate of drug-likeness (QED) is 0.521. The molecule has 0 spiro atoms. The summed E-state index contributed by atoms with van der Waals surface area (Å²) in [5.74, 6) is -0.0261. The van der Waals surface area contributed by atoms with E-state index in [1.165, 1.54) is 0 Å². The average molecular weight is 398 g/mol. The van der Waals surface area contributed by atoms with Gasteiger partial charge in [-0.05, 0) is 89.5 Å². The van der Waals surface area contributed by atoms with Gasteiger partial charge in [0.2, 0.25) is 0 Å². The van der Waals surface area contributed by atoms with E-state index in [4.69, 9.17) is 4.18 Å². The Kier molecular flexibility index (Phi) is 5.80. The summed E-state index contributed by atoms with van der Waals surface area (Å²) < 4.78 is 6.16. The zero-order chi connectivity index (χ0) is 20.1. The molecule has 3 aromatic carbocycles. The summed E-state index contributed by atoms with van der Waals surface area (Å²) in [5, 5.41) is 29.2. The average Bonchev–Trinajstić information content (AvgIpc) is 2.68. The molecule has 6 heteroatoms. The van der Waals surface area contributed by atoms with Crippen molar-refractivity contribution in [3.8, 4) is 17.2 Å². The van der Waals surface area contributed by atoms with Crippen LogP contribution in [0.1, 0.15) is 19.8 Å². The lowest BCUT2D eigenvalue weighted by molar-refractivity contribution is -0.133. The molecule has 3 aromatic rings. The standard InChI is InChI=1S/C22H22O5S/c1-2-3-22(26)27-28(19-10-4-16(23)5-11-19,20-12-6-17(24)7-13-20)21-14-8-18(25)9-15-21/h4-15,23-25H,2-3H2,1H3. The molecule has 0 amide bonds. The SMILES string of the molecule is CCCC(=O)OS(c1ccc(O)cc1)(c1ccc(O)cc1)c1ccc(O)cc1. The van der Waals surface area contributed by atoms with E-state index in [0.29, 0.717) is 21.1 Å². The lowest BCUT2D eigenvalue weighted by Crippen LogP contribution is -2.13. The van der Waals surface area contributed by atoms with Crippen molar-refractivity contribution < 1.29 is 24.3 Å². The molecule has 0 heterocycles. The predicted octanol–water partition coefficient (Wildman–Crippen LogP) is 5.34. The smallest absolute Gasteiger partial charge is 0.317 e. The first kappa shape index (κ1) is 19.6. The second-order valence-electron chi connectivity index (χ2n) is 6.24. The Balaban J connectivity index is 2.29. The van der Waals surface area contributed by atoms with Crippen LogP contribution < -0.4 is 0 Å². The second-order valence-corrected chi connectivity index (χ2v) is 8.94. The van der Waals surface area contributed by atoms with Crippen LogP contribution in [0.4, 0.5) is 0 Å². The highest BCUT2D eigenvalue weighted by Gasteiger charge is 2.35. The maximum Gasteiger partial charge on any atom is 0.317 e. The van der Waals surface area contributed by atoms with E-state index in [2.05, 4.69) is 0 Å². The van der Waals surface area contributed by atoms with Gasteiger partial charge in [0.25, 0.3) is 0 Å². The number of phenols is 3. The first-order chi connectivity index (χ1) is 13.5. The molecule has 0 unspecified atom stereocenters. The van der Waals surface area contributed by atoms with Crippen molar-refractivity contribution in [3.63, 3.8) is 0 Å². The molecule has 5 nitrogen and oxygen atoms in total. The molecule has 0 saturated carbocycles. The molecule has 28 heavy (non-hydrogen) atoms. The third-order valence-corrected chi connectivity index (χ3v) is 7.42. The monoisotopic (exact) mass is 398 g/mol. The minimum atomic E-state index is -2.49. The first-order valence-electron chi connectivity index (χ1n) is 8.88. The van der Waals surface area contributed by atoms with Crippen molar-refractivity contribution >= 4 is 16.3 Å². The number of aromatic hydroxyl groups is 3. The molecule has 0 aliphatic rings. The summed E-state index contributed by atoms with van der Waals surface area (Å²) in [4.78, 5) is 14.8. The highest BCUT2D eigenvalue weighted by molar-refractivity contribution is 8.30. The number of carbonyl (C=O) groups excluding carboxylic acids is 1. The highest BCUT2D eigenvalue weighted by Crippen LogP contribution is 2.69. The van der Waals surface area contributed by atoms with Crippen LogP contribution in [0.3, 0.4) is 0 Å². The predicted molar refractivity (Wildman–Crippen MR) is 108 cm³/mol. The molecule has 0 aromatic heterocycles. The van der Waals surface area contributed by atoms with Crippen molar-refractivity contribution in [1.29, 1.82) is 0 Å². The number of carbonyl (C=O) groups is 1. The van der Waals surface area contributed by atoms with Crippen molar-refractivity contribution in [2.24, 2.45) is 0 Å². The highest BCUT2D eigenvalue weighted by atomic mass is 32.3. The summed E-state index contributed by atoms with van der Waals surface area (Å²) in [7, 11) is -2.49. The van der Waals surface area contributed by atoms with Gasteiger partial charge in [0, 0.05) is 21.1 Å². The zero-order valence-electron chi connectivity index (χ0n) is 15.4. The minimum Gasteiger partial charge on any atom is -0.508 e. The summed E-state index contributed by atoms with van der Waals surface area (Å²) in [5.41, 5.74) is 0. The number of hydrogen-bond acceptors (Lipinski definition) is 5. The van der Waals surface area contributed by atoms with Crippen LogP contribution in [0.2, 0.25) is 0 Å². The van der Waals surface area contributed by atoms with E-state index in [0.717, 1.165) is 0 Å². The molecule has 0 saturated heterocycles. The van der Waals surface area contributed by atoms with Gasteiger partial charge in [-0.3, -0.25) is 4.79 Å². The van der Waals surface area contributed by atoms with Gasteiger partial charge in [-0.2, -0.15) is 0 Å². The van der Waals surface area contributed by atoms with Crippen LogP contribution in [0, 0.1) is 0 Å². The van der Waals surface area contributed by atoms with Crippen molar-refractivity contribution in [2.45, 2.75) is 34.5 Å². The van der Waals surface area contributed by atoms with Gasteiger partial charge in [-0.15, -0.1) is 0 Å². The summed E-state index contributed by atoms with van der Waals surface area (Å²) >= 11 is 0. The topological polar surface area (TPSA) is 87.0 Å². The third kappa shape index (κ3) is 3.92. The fraction of sp³-hybridized carbons (Fsp3) is 0.136.